The number of hydrogen-bond donors (Lipinski definition) is 0. The first-order valence-electron chi connectivity index (χ1n) is 12.2. The van der Waals surface area contributed by atoms with E-state index < -0.39 is 0 Å². The summed E-state index contributed by atoms with van der Waals surface area (Å²) in [7, 11) is 0. The molecule has 0 amide bonds. The lowest BCUT2D eigenvalue weighted by atomic mass is 9.86. The molecule has 1 heteroatoms. The van der Waals surface area contributed by atoms with Crippen LogP contribution in [0.5, 0.6) is 11.5 Å². The minimum Gasteiger partial charge on any atom is -0.457 e. The summed E-state index contributed by atoms with van der Waals surface area (Å²) in [6, 6.07) is 27.8. The highest BCUT2D eigenvalue weighted by atomic mass is 16.5. The van der Waals surface area contributed by atoms with Crippen molar-refractivity contribution in [2.45, 2.75) is 73.1 Å². The molecule has 0 aliphatic carbocycles. The zero-order chi connectivity index (χ0) is 25.1. The Balaban J connectivity index is 0.000000202. The van der Waals surface area contributed by atoms with Gasteiger partial charge in [0.15, 0.2) is 0 Å². The maximum Gasteiger partial charge on any atom is 0.127 e. The zero-order valence-electron chi connectivity index (χ0n) is 22.4. The van der Waals surface area contributed by atoms with Gasteiger partial charge in [0.25, 0.3) is 0 Å². The molecule has 0 unspecified atom stereocenters. The Kier molecular flexibility index (Phi) is 7.56. The molecule has 0 saturated carbocycles. The molecule has 0 radical (unpaired) electrons. The summed E-state index contributed by atoms with van der Waals surface area (Å²) >= 11 is 0. The lowest BCUT2D eigenvalue weighted by Gasteiger charge is -2.19. The maximum atomic E-state index is 5.96. The average molecular weight is 453 g/mol. The van der Waals surface area contributed by atoms with E-state index in [4.69, 9.17) is 4.74 Å². The van der Waals surface area contributed by atoms with Crippen LogP contribution in [-0.2, 0) is 10.8 Å². The summed E-state index contributed by atoms with van der Waals surface area (Å²) in [4.78, 5) is 0. The van der Waals surface area contributed by atoms with Crippen LogP contribution < -0.4 is 4.74 Å². The molecule has 0 spiro atoms. The molecule has 0 N–H and O–H groups in total. The smallest absolute Gasteiger partial charge is 0.127 e. The summed E-state index contributed by atoms with van der Waals surface area (Å²) in [5, 5.41) is 2.65. The summed E-state index contributed by atoms with van der Waals surface area (Å²) in [6.07, 6.45) is 0. The molecule has 0 aliphatic heterocycles. The molecule has 4 aromatic rings. The van der Waals surface area contributed by atoms with E-state index in [0.29, 0.717) is 0 Å². The van der Waals surface area contributed by atoms with Crippen molar-refractivity contribution in [3.8, 4) is 11.5 Å². The number of fused-ring (bicyclic) bond motifs is 1. The Hall–Kier alpha value is -3.06. The van der Waals surface area contributed by atoms with Crippen LogP contribution in [0.3, 0.4) is 0 Å². The van der Waals surface area contributed by atoms with E-state index in [1.54, 1.807) is 0 Å². The second kappa shape index (κ2) is 10.1. The van der Waals surface area contributed by atoms with Gasteiger partial charge in [-0.25, -0.2) is 0 Å². The van der Waals surface area contributed by atoms with Crippen LogP contribution in [0, 0.1) is 20.8 Å². The van der Waals surface area contributed by atoms with Crippen LogP contribution in [0.1, 0.15) is 69.4 Å². The van der Waals surface area contributed by atoms with E-state index in [0.717, 1.165) is 11.5 Å². The van der Waals surface area contributed by atoms with Crippen molar-refractivity contribution < 1.29 is 4.74 Å². The second-order valence-corrected chi connectivity index (χ2v) is 11.4. The fourth-order valence-electron chi connectivity index (χ4n) is 3.87. The van der Waals surface area contributed by atoms with E-state index in [2.05, 4.69) is 129 Å². The van der Waals surface area contributed by atoms with Gasteiger partial charge in [0.1, 0.15) is 11.5 Å². The molecule has 0 aromatic heterocycles. The molecule has 178 valence electrons. The first-order chi connectivity index (χ1) is 15.8. The first-order valence-corrected chi connectivity index (χ1v) is 12.2. The Bertz CT molecular complexity index is 1230. The highest BCUT2D eigenvalue weighted by Crippen LogP contribution is 2.29. The quantitative estimate of drug-likeness (QED) is 0.294. The molecule has 0 saturated heterocycles. The van der Waals surface area contributed by atoms with Crippen LogP contribution in [-0.4, -0.2) is 0 Å². The van der Waals surface area contributed by atoms with Gasteiger partial charge in [-0.1, -0.05) is 96.1 Å². The normalized spacial score (nSPS) is 11.7. The third-order valence-corrected chi connectivity index (χ3v) is 6.47. The van der Waals surface area contributed by atoms with Crippen molar-refractivity contribution in [3.63, 3.8) is 0 Å². The third-order valence-electron chi connectivity index (χ3n) is 6.47. The highest BCUT2D eigenvalue weighted by Gasteiger charge is 2.14. The fourth-order valence-corrected chi connectivity index (χ4v) is 3.87. The number of benzene rings is 4. The van der Waals surface area contributed by atoms with Gasteiger partial charge in [0.2, 0.25) is 0 Å². The van der Waals surface area contributed by atoms with Gasteiger partial charge >= 0.3 is 0 Å². The Morgan fingerprint density at radius 2 is 1.00 bits per heavy atom. The van der Waals surface area contributed by atoms with Crippen molar-refractivity contribution in [2.24, 2.45) is 0 Å². The third kappa shape index (κ3) is 6.50. The molecule has 1 nitrogen and oxygen atoms in total. The van der Waals surface area contributed by atoms with Crippen LogP contribution >= 0.6 is 0 Å². The number of rotatable bonds is 2. The van der Waals surface area contributed by atoms with E-state index in [-0.39, 0.29) is 10.8 Å². The largest absolute Gasteiger partial charge is 0.457 e. The SMILES string of the molecule is CC(C)(C)c1ccc2ccccc2c1.Cc1cc(Oc2ccc(C(C)(C)C)cc2)cc(C)c1C. The van der Waals surface area contributed by atoms with Crippen molar-refractivity contribution in [2.75, 3.05) is 0 Å². The van der Waals surface area contributed by atoms with Crippen LogP contribution in [0.4, 0.5) is 0 Å². The van der Waals surface area contributed by atoms with Crippen LogP contribution in [0.15, 0.2) is 78.9 Å². The average Bonchev–Trinajstić information content (AvgIpc) is 2.77. The van der Waals surface area contributed by atoms with Gasteiger partial charge in [0, 0.05) is 0 Å². The van der Waals surface area contributed by atoms with Gasteiger partial charge in [-0.2, -0.15) is 0 Å². The fraction of sp³-hybridized carbons (Fsp3) is 0.333. The topological polar surface area (TPSA) is 9.23 Å². The molecular weight excluding hydrogens is 412 g/mol. The molecule has 0 bridgehead atoms. The van der Waals surface area contributed by atoms with Crippen molar-refractivity contribution in [1.29, 1.82) is 0 Å². The summed E-state index contributed by atoms with van der Waals surface area (Å²) in [6.45, 7) is 19.8. The van der Waals surface area contributed by atoms with Crippen molar-refractivity contribution in [3.05, 3.63) is 107 Å². The predicted molar refractivity (Wildman–Crippen MR) is 149 cm³/mol. The first kappa shape index (κ1) is 25.6. The monoisotopic (exact) mass is 452 g/mol. The molecule has 34 heavy (non-hydrogen) atoms. The molecule has 0 heterocycles. The van der Waals surface area contributed by atoms with Gasteiger partial charge < -0.3 is 4.74 Å². The Morgan fingerprint density at radius 1 is 0.500 bits per heavy atom. The molecule has 4 rings (SSSR count). The Morgan fingerprint density at radius 3 is 1.53 bits per heavy atom. The highest BCUT2D eigenvalue weighted by molar-refractivity contribution is 5.83. The van der Waals surface area contributed by atoms with Crippen molar-refractivity contribution >= 4 is 10.8 Å². The van der Waals surface area contributed by atoms with E-state index >= 15 is 0 Å². The Labute approximate surface area is 206 Å². The zero-order valence-corrected chi connectivity index (χ0v) is 22.4. The number of aryl methyl sites for hydroxylation is 2. The van der Waals surface area contributed by atoms with E-state index in [1.165, 1.54) is 38.6 Å². The maximum absolute atomic E-state index is 5.96. The standard InChI is InChI=1S/C19H24O.C14H16/c1-13-11-18(12-14(2)15(13)3)20-17-9-7-16(8-10-17)19(4,5)6;1-14(2,3)13-9-8-11-6-4-5-7-12(11)10-13/h7-12H,1-6H3;4-10H,1-3H3. The lowest BCUT2D eigenvalue weighted by Crippen LogP contribution is -2.10. The van der Waals surface area contributed by atoms with Crippen molar-refractivity contribution in [1.82, 2.24) is 0 Å². The minimum absolute atomic E-state index is 0.176. The van der Waals surface area contributed by atoms with Gasteiger partial charge in [-0.3, -0.25) is 0 Å². The van der Waals surface area contributed by atoms with Crippen LogP contribution in [0.25, 0.3) is 10.8 Å². The molecule has 0 fully saturated rings. The van der Waals surface area contributed by atoms with E-state index in [1.807, 2.05) is 12.1 Å². The molecule has 4 aromatic carbocycles. The predicted octanol–water partition coefficient (Wildman–Crippen LogP) is 9.84. The van der Waals surface area contributed by atoms with Gasteiger partial charge in [-0.15, -0.1) is 0 Å². The van der Waals surface area contributed by atoms with Gasteiger partial charge in [0.05, 0.1) is 0 Å². The van der Waals surface area contributed by atoms with E-state index in [9.17, 15) is 0 Å². The summed E-state index contributed by atoms with van der Waals surface area (Å²) in [5.41, 5.74) is 7.01. The molecular formula is C33H40O. The summed E-state index contributed by atoms with van der Waals surface area (Å²) < 4.78 is 5.96. The minimum atomic E-state index is 0.176. The molecule has 0 aliphatic rings. The lowest BCUT2D eigenvalue weighted by molar-refractivity contribution is 0.480. The summed E-state index contributed by atoms with van der Waals surface area (Å²) in [5.74, 6) is 1.80. The number of ether oxygens (including phenoxy) is 1. The number of hydrogen-bond acceptors (Lipinski definition) is 1. The molecule has 0 atom stereocenters. The van der Waals surface area contributed by atoms with Gasteiger partial charge in [-0.05, 0) is 94.5 Å². The second-order valence-electron chi connectivity index (χ2n) is 11.4. The van der Waals surface area contributed by atoms with Crippen LogP contribution in [0.2, 0.25) is 0 Å².